The van der Waals surface area contributed by atoms with Crippen LogP contribution in [0.4, 0.5) is 24.5 Å². The molecule has 0 atom stereocenters. The lowest BCUT2D eigenvalue weighted by atomic mass is 9.95. The van der Waals surface area contributed by atoms with Crippen molar-refractivity contribution in [3.8, 4) is 0 Å². The quantitative estimate of drug-likeness (QED) is 0.480. The predicted octanol–water partition coefficient (Wildman–Crippen LogP) is 3.64. The standard InChI is InChI=1S/C16H10ClF3N2O5/c17-6-11-12-9(3-4-21(12)15(25)16(18,19)20)8-2-1-7(14(23)24)5-10(8)13(11)22(26)27/h1-2,5H,3-4,6H2,(H,23,24). The first-order chi connectivity index (χ1) is 12.6. The van der Waals surface area contributed by atoms with E-state index >= 15 is 0 Å². The van der Waals surface area contributed by atoms with E-state index in [1.807, 2.05) is 0 Å². The zero-order valence-corrected chi connectivity index (χ0v) is 14.1. The van der Waals surface area contributed by atoms with E-state index in [0.717, 1.165) is 6.07 Å². The predicted molar refractivity (Wildman–Crippen MR) is 89.2 cm³/mol. The molecule has 142 valence electrons. The van der Waals surface area contributed by atoms with Crippen LogP contribution in [0.3, 0.4) is 0 Å². The smallest absolute Gasteiger partial charge is 0.471 e. The van der Waals surface area contributed by atoms with Crippen LogP contribution in [0, 0.1) is 10.1 Å². The summed E-state index contributed by atoms with van der Waals surface area (Å²) in [6.45, 7) is -0.311. The van der Waals surface area contributed by atoms with E-state index < -0.39 is 34.5 Å². The van der Waals surface area contributed by atoms with E-state index in [4.69, 9.17) is 16.7 Å². The lowest BCUT2D eigenvalue weighted by Crippen LogP contribution is -2.40. The molecule has 1 heterocycles. The van der Waals surface area contributed by atoms with E-state index in [0.29, 0.717) is 10.5 Å². The number of fused-ring (bicyclic) bond motifs is 3. The Morgan fingerprint density at radius 3 is 2.48 bits per heavy atom. The number of amides is 1. The Labute approximate surface area is 154 Å². The number of hydrogen-bond donors (Lipinski definition) is 1. The van der Waals surface area contributed by atoms with Gasteiger partial charge in [0.15, 0.2) is 0 Å². The molecule has 0 fully saturated rings. The molecule has 7 nitrogen and oxygen atoms in total. The Bertz CT molecular complexity index is 1010. The van der Waals surface area contributed by atoms with Crippen molar-refractivity contribution in [1.29, 1.82) is 0 Å². The largest absolute Gasteiger partial charge is 0.478 e. The third kappa shape index (κ3) is 2.95. The zero-order chi connectivity index (χ0) is 20.1. The van der Waals surface area contributed by atoms with Gasteiger partial charge in [-0.25, -0.2) is 4.79 Å². The average molecular weight is 403 g/mol. The SMILES string of the molecule is O=C(O)c1ccc2c3c(c(CCl)c([N+](=O)[O-])c2c1)N(C(=O)C(F)(F)F)CC3. The van der Waals surface area contributed by atoms with Crippen molar-refractivity contribution in [2.75, 3.05) is 11.4 Å². The molecule has 2 aromatic rings. The molecule has 1 amide bonds. The molecule has 0 bridgehead atoms. The van der Waals surface area contributed by atoms with Gasteiger partial charge in [0.2, 0.25) is 0 Å². The summed E-state index contributed by atoms with van der Waals surface area (Å²) in [6, 6.07) is 3.58. The second-order valence-corrected chi connectivity index (χ2v) is 6.08. The lowest BCUT2D eigenvalue weighted by molar-refractivity contribution is -0.383. The molecule has 27 heavy (non-hydrogen) atoms. The van der Waals surface area contributed by atoms with Crippen LogP contribution in [-0.2, 0) is 17.1 Å². The van der Waals surface area contributed by atoms with Gasteiger partial charge in [-0.1, -0.05) is 6.07 Å². The summed E-state index contributed by atoms with van der Waals surface area (Å²) >= 11 is 5.81. The van der Waals surface area contributed by atoms with Gasteiger partial charge in [-0.15, -0.1) is 11.6 Å². The number of hydrogen-bond acceptors (Lipinski definition) is 4. The van der Waals surface area contributed by atoms with Crippen LogP contribution in [0.15, 0.2) is 18.2 Å². The van der Waals surface area contributed by atoms with Gasteiger partial charge in [0, 0.05) is 6.54 Å². The fourth-order valence-corrected chi connectivity index (χ4v) is 3.58. The van der Waals surface area contributed by atoms with Crippen molar-refractivity contribution >= 4 is 45.6 Å². The number of nitro benzene ring substituents is 1. The summed E-state index contributed by atoms with van der Waals surface area (Å²) < 4.78 is 38.8. The van der Waals surface area contributed by atoms with Crippen molar-refractivity contribution in [3.05, 3.63) is 45.0 Å². The molecule has 1 aliphatic heterocycles. The topological polar surface area (TPSA) is 101 Å². The summed E-state index contributed by atoms with van der Waals surface area (Å²) in [7, 11) is 0. The number of aromatic carboxylic acids is 1. The molecule has 0 aromatic heterocycles. The number of carboxylic acid groups (broad SMARTS) is 1. The molecular weight excluding hydrogens is 393 g/mol. The summed E-state index contributed by atoms with van der Waals surface area (Å²) in [5.74, 6) is -3.97. The average Bonchev–Trinajstić information content (AvgIpc) is 3.02. The van der Waals surface area contributed by atoms with Crippen molar-refractivity contribution in [3.63, 3.8) is 0 Å². The molecule has 0 radical (unpaired) electrons. The summed E-state index contributed by atoms with van der Waals surface area (Å²) in [4.78, 5) is 34.2. The fraction of sp³-hybridized carbons (Fsp3) is 0.250. The third-order valence-corrected chi connectivity index (χ3v) is 4.63. The van der Waals surface area contributed by atoms with Gasteiger partial charge in [-0.2, -0.15) is 13.2 Å². The second kappa shape index (κ2) is 6.38. The van der Waals surface area contributed by atoms with Crippen LogP contribution in [-0.4, -0.2) is 34.6 Å². The van der Waals surface area contributed by atoms with Gasteiger partial charge in [0.25, 0.3) is 5.69 Å². The van der Waals surface area contributed by atoms with Crippen LogP contribution < -0.4 is 4.90 Å². The normalized spacial score (nSPS) is 13.7. The molecule has 1 N–H and O–H groups in total. The van der Waals surface area contributed by atoms with E-state index in [9.17, 15) is 32.9 Å². The Hall–Kier alpha value is -2.88. The van der Waals surface area contributed by atoms with Crippen LogP contribution in [0.25, 0.3) is 10.8 Å². The highest BCUT2D eigenvalue weighted by Gasteiger charge is 2.46. The van der Waals surface area contributed by atoms with E-state index in [2.05, 4.69) is 0 Å². The van der Waals surface area contributed by atoms with Gasteiger partial charge in [0.05, 0.1) is 33.0 Å². The number of anilines is 1. The van der Waals surface area contributed by atoms with Crippen LogP contribution in [0.5, 0.6) is 0 Å². The Morgan fingerprint density at radius 1 is 1.30 bits per heavy atom. The highest BCUT2D eigenvalue weighted by molar-refractivity contribution is 6.19. The van der Waals surface area contributed by atoms with Crippen molar-refractivity contribution < 1.29 is 32.8 Å². The molecule has 2 aromatic carbocycles. The highest BCUT2D eigenvalue weighted by atomic mass is 35.5. The maximum atomic E-state index is 12.9. The number of carbonyl (C=O) groups is 2. The minimum atomic E-state index is -5.15. The first-order valence-corrected chi connectivity index (χ1v) is 8.05. The number of carbonyl (C=O) groups excluding carboxylic acids is 1. The first kappa shape index (κ1) is 18.9. The first-order valence-electron chi connectivity index (χ1n) is 7.51. The minimum Gasteiger partial charge on any atom is -0.478 e. The summed E-state index contributed by atoms with van der Waals surface area (Å²) in [5.41, 5.74) is -1.01. The molecule has 3 rings (SSSR count). The molecular formula is C16H10ClF3N2O5. The highest BCUT2D eigenvalue weighted by Crippen LogP contribution is 2.46. The Kier molecular flexibility index (Phi) is 4.46. The number of nitrogens with zero attached hydrogens (tertiary/aromatic N) is 2. The molecule has 11 heteroatoms. The molecule has 0 saturated carbocycles. The monoisotopic (exact) mass is 402 g/mol. The van der Waals surface area contributed by atoms with Gasteiger partial charge < -0.3 is 10.0 Å². The van der Waals surface area contributed by atoms with Gasteiger partial charge >= 0.3 is 18.1 Å². The lowest BCUT2D eigenvalue weighted by Gasteiger charge is -2.21. The van der Waals surface area contributed by atoms with E-state index in [-0.39, 0.29) is 40.6 Å². The van der Waals surface area contributed by atoms with Crippen molar-refractivity contribution in [1.82, 2.24) is 0 Å². The van der Waals surface area contributed by atoms with Gasteiger partial charge in [-0.05, 0) is 29.5 Å². The number of rotatable bonds is 3. The van der Waals surface area contributed by atoms with Crippen molar-refractivity contribution in [2.45, 2.75) is 18.5 Å². The van der Waals surface area contributed by atoms with Gasteiger partial charge in [0.1, 0.15) is 0 Å². The Balaban J connectivity index is 2.40. The molecule has 1 aliphatic rings. The maximum Gasteiger partial charge on any atom is 0.471 e. The Morgan fingerprint density at radius 2 is 1.96 bits per heavy atom. The summed E-state index contributed by atoms with van der Waals surface area (Å²) in [6.07, 6.45) is -5.12. The number of alkyl halides is 4. The third-order valence-electron chi connectivity index (χ3n) is 4.36. The van der Waals surface area contributed by atoms with Crippen LogP contribution >= 0.6 is 11.6 Å². The fourth-order valence-electron chi connectivity index (χ4n) is 3.33. The molecule has 0 saturated heterocycles. The molecule has 0 spiro atoms. The van der Waals surface area contributed by atoms with Crippen LogP contribution in [0.2, 0.25) is 0 Å². The minimum absolute atomic E-state index is 0.0297. The number of carboxylic acids is 1. The second-order valence-electron chi connectivity index (χ2n) is 5.82. The van der Waals surface area contributed by atoms with Gasteiger partial charge in [-0.3, -0.25) is 14.9 Å². The molecule has 0 aliphatic carbocycles. The van der Waals surface area contributed by atoms with Crippen LogP contribution in [0.1, 0.15) is 21.5 Å². The number of halogens is 4. The van der Waals surface area contributed by atoms with Crippen molar-refractivity contribution in [2.24, 2.45) is 0 Å². The molecule has 0 unspecified atom stereocenters. The van der Waals surface area contributed by atoms with E-state index in [1.165, 1.54) is 12.1 Å². The maximum absolute atomic E-state index is 12.9. The number of nitro groups is 1. The van der Waals surface area contributed by atoms with E-state index in [1.54, 1.807) is 0 Å². The number of benzene rings is 2. The zero-order valence-electron chi connectivity index (χ0n) is 13.3. The summed E-state index contributed by atoms with van der Waals surface area (Å²) in [5, 5.41) is 20.9.